The van der Waals surface area contributed by atoms with Crippen LogP contribution in [-0.4, -0.2) is 33.8 Å². The molecule has 0 bridgehead atoms. The van der Waals surface area contributed by atoms with Gasteiger partial charge in [-0.25, -0.2) is 9.67 Å². The van der Waals surface area contributed by atoms with E-state index in [9.17, 15) is 4.79 Å². The summed E-state index contributed by atoms with van der Waals surface area (Å²) in [6.45, 7) is 8.99. The highest BCUT2D eigenvalue weighted by Crippen LogP contribution is 2.34. The molecule has 0 saturated carbocycles. The second-order valence-corrected chi connectivity index (χ2v) is 7.38. The molecule has 3 aromatic heterocycles. The summed E-state index contributed by atoms with van der Waals surface area (Å²) in [5.41, 5.74) is 0. The molecule has 6 nitrogen and oxygen atoms in total. The van der Waals surface area contributed by atoms with Crippen LogP contribution in [0.15, 0.2) is 18.3 Å². The second kappa shape index (κ2) is 7.31. The Morgan fingerprint density at radius 1 is 1.29 bits per heavy atom. The summed E-state index contributed by atoms with van der Waals surface area (Å²) < 4.78 is 2.87. The van der Waals surface area contributed by atoms with E-state index in [1.54, 1.807) is 17.5 Å². The lowest BCUT2D eigenvalue weighted by Gasteiger charge is -2.16. The molecule has 0 fully saturated rings. The van der Waals surface area contributed by atoms with E-state index in [2.05, 4.69) is 41.1 Å². The van der Waals surface area contributed by atoms with Crippen LogP contribution in [-0.2, 0) is 6.54 Å². The summed E-state index contributed by atoms with van der Waals surface area (Å²) >= 11 is 3.08. The highest BCUT2D eigenvalue weighted by atomic mass is 32.1. The molecule has 3 aromatic rings. The number of carbonyl (C=O) groups excluding carboxylic acids is 1. The molecular weight excluding hydrogens is 342 g/mol. The summed E-state index contributed by atoms with van der Waals surface area (Å²) in [5, 5.41) is 8.19. The summed E-state index contributed by atoms with van der Waals surface area (Å²) in [6, 6.07) is 3.75. The number of hydrogen-bond acceptors (Lipinski definition) is 6. The number of aromatic nitrogens is 3. The second-order valence-electron chi connectivity index (χ2n) is 5.34. The Hall–Kier alpha value is -1.93. The maximum absolute atomic E-state index is 12.5. The molecular formula is C16H21N5OS2. The Bertz CT molecular complexity index is 799. The molecule has 128 valence electrons. The average molecular weight is 364 g/mol. The molecule has 0 unspecified atom stereocenters. The van der Waals surface area contributed by atoms with Crippen molar-refractivity contribution in [2.45, 2.75) is 33.7 Å². The maximum atomic E-state index is 12.5. The number of thiazole rings is 1. The summed E-state index contributed by atoms with van der Waals surface area (Å²) in [4.78, 5) is 21.0. The van der Waals surface area contributed by atoms with E-state index in [0.717, 1.165) is 46.5 Å². The molecule has 0 aliphatic rings. The molecule has 0 saturated heterocycles. The first-order valence-corrected chi connectivity index (χ1v) is 9.78. The van der Waals surface area contributed by atoms with E-state index in [4.69, 9.17) is 0 Å². The predicted octanol–water partition coefficient (Wildman–Crippen LogP) is 4.06. The van der Waals surface area contributed by atoms with Crippen molar-refractivity contribution in [3.05, 3.63) is 23.2 Å². The largest absolute Gasteiger partial charge is 0.349 e. The number of thiophene rings is 1. The van der Waals surface area contributed by atoms with Crippen molar-refractivity contribution < 1.29 is 4.79 Å². The third-order valence-corrected chi connectivity index (χ3v) is 5.95. The average Bonchev–Trinajstić information content (AvgIpc) is 3.24. The highest BCUT2D eigenvalue weighted by Gasteiger charge is 2.17. The number of rotatable bonds is 7. The van der Waals surface area contributed by atoms with E-state index in [-0.39, 0.29) is 5.91 Å². The van der Waals surface area contributed by atoms with E-state index in [0.29, 0.717) is 4.88 Å². The monoisotopic (exact) mass is 363 g/mol. The van der Waals surface area contributed by atoms with Crippen LogP contribution in [0.4, 0.5) is 10.9 Å². The van der Waals surface area contributed by atoms with Gasteiger partial charge in [0.05, 0.1) is 15.8 Å². The van der Waals surface area contributed by atoms with Crippen LogP contribution >= 0.6 is 22.7 Å². The van der Waals surface area contributed by atoms with Gasteiger partial charge in [-0.1, -0.05) is 18.3 Å². The van der Waals surface area contributed by atoms with Crippen LogP contribution < -0.4 is 10.2 Å². The number of nitrogens with zero attached hydrogens (tertiary/aromatic N) is 4. The zero-order chi connectivity index (χ0) is 17.1. The van der Waals surface area contributed by atoms with Gasteiger partial charge in [0, 0.05) is 25.7 Å². The summed E-state index contributed by atoms with van der Waals surface area (Å²) in [7, 11) is 0. The zero-order valence-corrected chi connectivity index (χ0v) is 15.7. The summed E-state index contributed by atoms with van der Waals surface area (Å²) in [6.07, 6.45) is 2.67. The number of fused-ring (bicyclic) bond motifs is 1. The van der Waals surface area contributed by atoms with Gasteiger partial charge in [-0.3, -0.25) is 4.79 Å². The lowest BCUT2D eigenvalue weighted by molar-refractivity contribution is 0.102. The lowest BCUT2D eigenvalue weighted by atomic mass is 10.4. The standard InChI is InChI=1S/C16H21N5OS2/c1-4-9-21-13(7-8-17-21)18-14(22)11-10-12-15(23-11)19-16(24-12)20(5-2)6-3/h7-8,10H,4-6,9H2,1-3H3,(H,18,22). The Morgan fingerprint density at radius 3 is 2.75 bits per heavy atom. The number of amides is 1. The van der Waals surface area contributed by atoms with E-state index in [1.807, 2.05) is 16.8 Å². The van der Waals surface area contributed by atoms with Crippen molar-refractivity contribution in [2.24, 2.45) is 0 Å². The molecule has 0 radical (unpaired) electrons. The summed E-state index contributed by atoms with van der Waals surface area (Å²) in [5.74, 6) is 0.628. The molecule has 3 rings (SSSR count). The van der Waals surface area contributed by atoms with Gasteiger partial charge in [0.25, 0.3) is 5.91 Å². The number of aryl methyl sites for hydroxylation is 1. The highest BCUT2D eigenvalue weighted by molar-refractivity contribution is 7.29. The van der Waals surface area contributed by atoms with Gasteiger partial charge in [-0.05, 0) is 26.3 Å². The molecule has 0 aliphatic carbocycles. The molecule has 0 atom stereocenters. The molecule has 1 N–H and O–H groups in total. The number of nitrogens with one attached hydrogen (secondary N) is 1. The first-order valence-electron chi connectivity index (χ1n) is 8.14. The molecule has 24 heavy (non-hydrogen) atoms. The minimum atomic E-state index is -0.104. The maximum Gasteiger partial charge on any atom is 0.267 e. The van der Waals surface area contributed by atoms with E-state index < -0.39 is 0 Å². The third-order valence-electron chi connectivity index (χ3n) is 3.73. The van der Waals surface area contributed by atoms with Crippen molar-refractivity contribution in [1.82, 2.24) is 14.8 Å². The van der Waals surface area contributed by atoms with Crippen LogP contribution in [0.25, 0.3) is 9.53 Å². The number of carbonyl (C=O) groups is 1. The van der Waals surface area contributed by atoms with Crippen molar-refractivity contribution in [3.63, 3.8) is 0 Å². The van der Waals surface area contributed by atoms with Gasteiger partial charge in [-0.15, -0.1) is 11.3 Å². The molecule has 3 heterocycles. The predicted molar refractivity (Wildman–Crippen MR) is 102 cm³/mol. The number of hydrogen-bond donors (Lipinski definition) is 1. The fourth-order valence-corrected chi connectivity index (χ4v) is 4.71. The van der Waals surface area contributed by atoms with Crippen molar-refractivity contribution in [1.29, 1.82) is 0 Å². The van der Waals surface area contributed by atoms with Crippen LogP contribution in [0.2, 0.25) is 0 Å². The van der Waals surface area contributed by atoms with Gasteiger partial charge >= 0.3 is 0 Å². The Labute approximate surface area is 149 Å². The van der Waals surface area contributed by atoms with Crippen molar-refractivity contribution >= 4 is 49.1 Å². The van der Waals surface area contributed by atoms with Gasteiger partial charge in [0.1, 0.15) is 10.6 Å². The van der Waals surface area contributed by atoms with Crippen LogP contribution in [0.1, 0.15) is 36.9 Å². The SMILES string of the molecule is CCCn1nccc1NC(=O)c1cc2sc(N(CC)CC)nc2s1. The van der Waals surface area contributed by atoms with Crippen LogP contribution in [0, 0.1) is 0 Å². The Balaban J connectivity index is 1.78. The van der Waals surface area contributed by atoms with Gasteiger partial charge < -0.3 is 10.2 Å². The number of anilines is 2. The fraction of sp³-hybridized carbons (Fsp3) is 0.438. The van der Waals surface area contributed by atoms with Crippen molar-refractivity contribution in [3.8, 4) is 0 Å². The smallest absolute Gasteiger partial charge is 0.267 e. The lowest BCUT2D eigenvalue weighted by Crippen LogP contribution is -2.21. The first-order chi connectivity index (χ1) is 11.7. The van der Waals surface area contributed by atoms with Gasteiger partial charge in [0.15, 0.2) is 5.13 Å². The zero-order valence-electron chi connectivity index (χ0n) is 14.1. The normalized spacial score (nSPS) is 11.1. The van der Waals surface area contributed by atoms with Gasteiger partial charge in [0.2, 0.25) is 0 Å². The Kier molecular flexibility index (Phi) is 5.15. The van der Waals surface area contributed by atoms with Crippen LogP contribution in [0.5, 0.6) is 0 Å². The minimum absolute atomic E-state index is 0.104. The van der Waals surface area contributed by atoms with E-state index >= 15 is 0 Å². The molecule has 1 amide bonds. The quantitative estimate of drug-likeness (QED) is 0.687. The third kappa shape index (κ3) is 3.29. The molecule has 8 heteroatoms. The molecule has 0 aliphatic heterocycles. The first kappa shape index (κ1) is 16.9. The topological polar surface area (TPSA) is 63.1 Å². The van der Waals surface area contributed by atoms with Crippen molar-refractivity contribution in [2.75, 3.05) is 23.3 Å². The van der Waals surface area contributed by atoms with Crippen LogP contribution in [0.3, 0.4) is 0 Å². The fourth-order valence-electron chi connectivity index (χ4n) is 2.47. The molecule has 0 aromatic carbocycles. The van der Waals surface area contributed by atoms with E-state index in [1.165, 1.54) is 11.3 Å². The van der Waals surface area contributed by atoms with Gasteiger partial charge in [-0.2, -0.15) is 5.10 Å². The Morgan fingerprint density at radius 2 is 2.08 bits per heavy atom. The molecule has 0 spiro atoms. The minimum Gasteiger partial charge on any atom is -0.349 e.